The van der Waals surface area contributed by atoms with Crippen molar-refractivity contribution < 1.29 is 32.1 Å². The van der Waals surface area contributed by atoms with Crippen molar-refractivity contribution >= 4 is 0 Å². The van der Waals surface area contributed by atoms with E-state index in [4.69, 9.17) is 15.9 Å². The van der Waals surface area contributed by atoms with E-state index in [1.165, 1.54) is 0 Å². The van der Waals surface area contributed by atoms with Gasteiger partial charge in [0.2, 0.25) is 0 Å². The molecule has 2 aromatic rings. The van der Waals surface area contributed by atoms with Crippen LogP contribution in [0, 0.1) is 35.6 Å². The lowest BCUT2D eigenvalue weighted by Gasteiger charge is -2.13. The van der Waals surface area contributed by atoms with Gasteiger partial charge in [-0.15, -0.1) is 12.3 Å². The maximum atomic E-state index is 14.2. The van der Waals surface area contributed by atoms with Gasteiger partial charge < -0.3 is 14.6 Å². The van der Waals surface area contributed by atoms with Crippen LogP contribution in [-0.4, -0.2) is 24.4 Å². The Balaban J connectivity index is 2.16. The van der Waals surface area contributed by atoms with Gasteiger partial charge in [0.15, 0.2) is 34.8 Å². The summed E-state index contributed by atoms with van der Waals surface area (Å²) < 4.78 is 66.3. The highest BCUT2D eigenvalue weighted by Crippen LogP contribution is 2.28. The third-order valence-electron chi connectivity index (χ3n) is 3.75. The molecule has 0 fully saturated rings. The summed E-state index contributed by atoms with van der Waals surface area (Å²) in [6.07, 6.45) is 4.45. The zero-order chi connectivity index (χ0) is 20.7. The molecule has 1 unspecified atom stereocenters. The van der Waals surface area contributed by atoms with Crippen LogP contribution in [0.4, 0.5) is 17.6 Å². The molecule has 0 saturated carbocycles. The predicted molar refractivity (Wildman–Crippen MR) is 96.3 cm³/mol. The average Bonchev–Trinajstić information content (AvgIpc) is 2.60. The number of hydrogen-bond donors (Lipinski definition) is 1. The highest BCUT2D eigenvalue weighted by molar-refractivity contribution is 5.37. The van der Waals surface area contributed by atoms with Crippen molar-refractivity contribution in [2.24, 2.45) is 0 Å². The zero-order valence-electron chi connectivity index (χ0n) is 15.3. The smallest absolute Gasteiger partial charge is 0.190 e. The summed E-state index contributed by atoms with van der Waals surface area (Å²) in [5, 5.41) is 9.48. The number of benzene rings is 2. The maximum absolute atomic E-state index is 14.2. The molecule has 150 valence electrons. The molecule has 1 atom stereocenters. The Morgan fingerprint density at radius 2 is 1.39 bits per heavy atom. The van der Waals surface area contributed by atoms with Crippen molar-refractivity contribution in [3.8, 4) is 23.8 Å². The molecule has 3 nitrogen and oxygen atoms in total. The first kappa shape index (κ1) is 21.6. The fraction of sp³-hybridized carbons (Fsp3) is 0.333. The van der Waals surface area contributed by atoms with Crippen LogP contribution in [0.5, 0.6) is 11.5 Å². The lowest BCUT2D eigenvalue weighted by atomic mass is 10.0. The Morgan fingerprint density at radius 1 is 0.929 bits per heavy atom. The first-order valence-electron chi connectivity index (χ1n) is 8.68. The van der Waals surface area contributed by atoms with Crippen molar-refractivity contribution in [3.05, 3.63) is 58.7 Å². The van der Waals surface area contributed by atoms with E-state index < -0.39 is 40.9 Å². The molecule has 0 spiro atoms. The van der Waals surface area contributed by atoms with Gasteiger partial charge in [-0.1, -0.05) is 6.92 Å². The molecule has 7 heteroatoms. The van der Waals surface area contributed by atoms with E-state index in [1.54, 1.807) is 6.92 Å². The van der Waals surface area contributed by atoms with Crippen molar-refractivity contribution in [2.75, 3.05) is 13.2 Å². The van der Waals surface area contributed by atoms with Crippen LogP contribution in [0.25, 0.3) is 0 Å². The number of terminal acetylenes is 1. The van der Waals surface area contributed by atoms with Crippen molar-refractivity contribution in [3.63, 3.8) is 0 Å². The van der Waals surface area contributed by atoms with Gasteiger partial charge >= 0.3 is 0 Å². The number of halogens is 4. The van der Waals surface area contributed by atoms with Crippen molar-refractivity contribution in [1.82, 2.24) is 0 Å². The fourth-order valence-corrected chi connectivity index (χ4v) is 2.52. The van der Waals surface area contributed by atoms with E-state index in [0.29, 0.717) is 6.42 Å². The Labute approximate surface area is 160 Å². The molecule has 0 amide bonds. The number of rotatable bonds is 9. The molecule has 0 aliphatic carbocycles. The average molecular weight is 396 g/mol. The molecule has 0 saturated heterocycles. The molecule has 0 aliphatic rings. The molecule has 0 bridgehead atoms. The standard InChI is InChI=1S/C21H20F4O3/c1-3-5-15(26)12-28-21-18(24)10-14(11-19(21)25)7-13-8-16(22)20(17(23)9-13)27-6-4-2/h1,8-11,15,26H,4-7,12H2,2H3. The minimum Gasteiger partial charge on any atom is -0.488 e. The van der Waals surface area contributed by atoms with E-state index >= 15 is 0 Å². The molecule has 0 heterocycles. The zero-order valence-corrected chi connectivity index (χ0v) is 15.3. The maximum Gasteiger partial charge on any atom is 0.190 e. The van der Waals surface area contributed by atoms with Gasteiger partial charge in [0.25, 0.3) is 0 Å². The summed E-state index contributed by atoms with van der Waals surface area (Å²) in [5.41, 5.74) is 0.350. The van der Waals surface area contributed by atoms with E-state index in [-0.39, 0.29) is 37.2 Å². The van der Waals surface area contributed by atoms with Gasteiger partial charge in [-0.3, -0.25) is 0 Å². The van der Waals surface area contributed by atoms with Gasteiger partial charge in [-0.05, 0) is 48.2 Å². The van der Waals surface area contributed by atoms with Crippen molar-refractivity contribution in [1.29, 1.82) is 0 Å². The summed E-state index contributed by atoms with van der Waals surface area (Å²) in [7, 11) is 0. The predicted octanol–water partition coefficient (Wildman–Crippen LogP) is 4.39. The number of aliphatic hydroxyl groups excluding tert-OH is 1. The minimum absolute atomic E-state index is 0.0174. The molecule has 28 heavy (non-hydrogen) atoms. The van der Waals surface area contributed by atoms with Crippen LogP contribution >= 0.6 is 0 Å². The molecule has 2 aromatic carbocycles. The largest absolute Gasteiger partial charge is 0.488 e. The van der Waals surface area contributed by atoms with Crippen LogP contribution in [0.1, 0.15) is 30.9 Å². The summed E-state index contributed by atoms with van der Waals surface area (Å²) >= 11 is 0. The Hall–Kier alpha value is -2.72. The summed E-state index contributed by atoms with van der Waals surface area (Å²) in [4.78, 5) is 0. The number of ether oxygens (including phenoxy) is 2. The van der Waals surface area contributed by atoms with Gasteiger partial charge in [0, 0.05) is 6.42 Å². The van der Waals surface area contributed by atoms with Crippen LogP contribution in [0.3, 0.4) is 0 Å². The molecule has 2 rings (SSSR count). The van der Waals surface area contributed by atoms with E-state index in [0.717, 1.165) is 24.3 Å². The topological polar surface area (TPSA) is 38.7 Å². The summed E-state index contributed by atoms with van der Waals surface area (Å²) in [6.45, 7) is 1.60. The SMILES string of the molecule is C#CCC(O)COc1c(F)cc(Cc2cc(F)c(OCCC)c(F)c2)cc1F. The normalized spacial score (nSPS) is 11.8. The van der Waals surface area contributed by atoms with Crippen molar-refractivity contribution in [2.45, 2.75) is 32.3 Å². The molecule has 1 N–H and O–H groups in total. The third kappa shape index (κ3) is 5.64. The van der Waals surface area contributed by atoms with Crippen LogP contribution < -0.4 is 9.47 Å². The van der Waals surface area contributed by atoms with E-state index in [1.807, 2.05) is 0 Å². The first-order chi connectivity index (χ1) is 13.3. The quantitative estimate of drug-likeness (QED) is 0.505. The van der Waals surface area contributed by atoms with Crippen LogP contribution in [0.2, 0.25) is 0 Å². The van der Waals surface area contributed by atoms with Crippen LogP contribution in [-0.2, 0) is 6.42 Å². The van der Waals surface area contributed by atoms with E-state index in [2.05, 4.69) is 5.92 Å². The Bertz CT molecular complexity index is 815. The summed E-state index contributed by atoms with van der Waals surface area (Å²) in [6, 6.07) is 4.13. The molecule has 0 aliphatic heterocycles. The minimum atomic E-state index is -1.05. The second-order valence-corrected chi connectivity index (χ2v) is 6.18. The summed E-state index contributed by atoms with van der Waals surface area (Å²) in [5.74, 6) is -2.67. The van der Waals surface area contributed by atoms with Gasteiger partial charge in [-0.2, -0.15) is 0 Å². The second kappa shape index (κ2) is 10.00. The molecule has 0 aromatic heterocycles. The highest BCUT2D eigenvalue weighted by Gasteiger charge is 2.17. The number of hydrogen-bond acceptors (Lipinski definition) is 3. The van der Waals surface area contributed by atoms with Crippen LogP contribution in [0.15, 0.2) is 24.3 Å². The monoisotopic (exact) mass is 396 g/mol. The Kier molecular flexibility index (Phi) is 7.70. The Morgan fingerprint density at radius 3 is 1.82 bits per heavy atom. The van der Waals surface area contributed by atoms with E-state index in [9.17, 15) is 22.7 Å². The molecule has 0 radical (unpaired) electrons. The second-order valence-electron chi connectivity index (χ2n) is 6.18. The molecular formula is C21H20F4O3. The van der Waals surface area contributed by atoms with Gasteiger partial charge in [0.05, 0.1) is 12.7 Å². The lowest BCUT2D eigenvalue weighted by molar-refractivity contribution is 0.106. The lowest BCUT2D eigenvalue weighted by Crippen LogP contribution is -2.17. The third-order valence-corrected chi connectivity index (χ3v) is 3.75. The first-order valence-corrected chi connectivity index (χ1v) is 8.68. The molecular weight excluding hydrogens is 376 g/mol. The van der Waals surface area contributed by atoms with Gasteiger partial charge in [-0.25, -0.2) is 17.6 Å². The number of aliphatic hydroxyl groups is 1. The fourth-order valence-electron chi connectivity index (χ4n) is 2.52. The van der Waals surface area contributed by atoms with Gasteiger partial charge in [0.1, 0.15) is 6.61 Å². The highest BCUT2D eigenvalue weighted by atomic mass is 19.1.